The van der Waals surface area contributed by atoms with Crippen LogP contribution in [0.1, 0.15) is 72.3 Å². The summed E-state index contributed by atoms with van der Waals surface area (Å²) in [4.78, 5) is 17.5. The van der Waals surface area contributed by atoms with Crippen LogP contribution in [-0.2, 0) is 6.42 Å². The van der Waals surface area contributed by atoms with E-state index in [0.717, 1.165) is 59.2 Å². The summed E-state index contributed by atoms with van der Waals surface area (Å²) < 4.78 is 8.85. The Kier molecular flexibility index (Phi) is 4.64. The zero-order valence-corrected chi connectivity index (χ0v) is 19.1. The molecule has 4 aromatic rings. The predicted molar refractivity (Wildman–Crippen MR) is 129 cm³/mol. The molecule has 1 aliphatic heterocycles. The van der Waals surface area contributed by atoms with E-state index >= 15 is 0 Å². The van der Waals surface area contributed by atoms with Crippen molar-refractivity contribution in [3.63, 3.8) is 0 Å². The van der Waals surface area contributed by atoms with Gasteiger partial charge >= 0.3 is 5.69 Å². The van der Waals surface area contributed by atoms with Gasteiger partial charge in [0.05, 0.1) is 12.8 Å². The molecule has 6 rings (SSSR count). The van der Waals surface area contributed by atoms with E-state index < -0.39 is 0 Å². The number of nitrogens with one attached hydrogen (secondary N) is 1. The molecule has 0 radical (unpaired) electrons. The third kappa shape index (κ3) is 3.04. The molecule has 0 bridgehead atoms. The molecule has 2 N–H and O–H groups in total. The Morgan fingerprint density at radius 3 is 2.52 bits per heavy atom. The Morgan fingerprint density at radius 2 is 1.79 bits per heavy atom. The Labute approximate surface area is 192 Å². The molecule has 3 heterocycles. The molecular weight excluding hydrogens is 414 g/mol. The van der Waals surface area contributed by atoms with Crippen LogP contribution in [0.3, 0.4) is 0 Å². The highest BCUT2D eigenvalue weighted by Crippen LogP contribution is 2.42. The van der Waals surface area contributed by atoms with Crippen molar-refractivity contribution >= 4 is 10.9 Å². The van der Waals surface area contributed by atoms with E-state index in [1.807, 2.05) is 28.8 Å². The lowest BCUT2D eigenvalue weighted by molar-refractivity contribution is 0.306. The van der Waals surface area contributed by atoms with E-state index in [0.29, 0.717) is 12.1 Å². The number of ether oxygens (including phenoxy) is 1. The number of aryl methyl sites for hydroxylation is 1. The first-order chi connectivity index (χ1) is 16.1. The first-order valence-electron chi connectivity index (χ1n) is 11.9. The molecule has 1 unspecified atom stereocenters. The lowest BCUT2D eigenvalue weighted by atomic mass is 9.92. The Bertz CT molecular complexity index is 1400. The Hall–Kier alpha value is -3.41. The standard InChI is InChI=1S/C27H29N3O3/c1-16-8-13-22-20(14-16)21-15-23-26(31)29(18-6-4-3-5-7-18)27(32)30(23)25(24(21)28-22)17-9-11-19(33-2)12-10-17/h8-14,18,25,28,31H,3-7,15H2,1-2H3. The van der Waals surface area contributed by atoms with Gasteiger partial charge in [-0.1, -0.05) is 43.0 Å². The third-order valence-corrected chi connectivity index (χ3v) is 7.53. The molecule has 33 heavy (non-hydrogen) atoms. The van der Waals surface area contributed by atoms with Gasteiger partial charge in [-0.2, -0.15) is 0 Å². The van der Waals surface area contributed by atoms with Crippen molar-refractivity contribution < 1.29 is 9.84 Å². The van der Waals surface area contributed by atoms with Crippen LogP contribution in [-0.4, -0.2) is 26.3 Å². The number of fused-ring (bicyclic) bond motifs is 4. The van der Waals surface area contributed by atoms with Crippen LogP contribution < -0.4 is 10.4 Å². The van der Waals surface area contributed by atoms with Crippen LogP contribution in [0, 0.1) is 6.92 Å². The van der Waals surface area contributed by atoms with Gasteiger partial charge in [-0.05, 0) is 55.2 Å². The Balaban J connectivity index is 1.60. The van der Waals surface area contributed by atoms with Crippen molar-refractivity contribution in [1.82, 2.24) is 14.1 Å². The second-order valence-corrected chi connectivity index (χ2v) is 9.50. The normalized spacial score (nSPS) is 18.3. The van der Waals surface area contributed by atoms with E-state index in [4.69, 9.17) is 4.74 Å². The summed E-state index contributed by atoms with van der Waals surface area (Å²) in [6, 6.07) is 14.0. The molecule has 1 fully saturated rings. The maximum Gasteiger partial charge on any atom is 0.332 e. The van der Waals surface area contributed by atoms with Gasteiger partial charge in [0.15, 0.2) is 0 Å². The fourth-order valence-electron chi connectivity index (χ4n) is 5.87. The number of imidazole rings is 1. The molecule has 6 heteroatoms. The minimum absolute atomic E-state index is 0.0678. The molecule has 1 aliphatic carbocycles. The minimum atomic E-state index is -0.328. The van der Waals surface area contributed by atoms with Crippen molar-refractivity contribution in [2.75, 3.05) is 7.11 Å². The maximum atomic E-state index is 13.8. The van der Waals surface area contributed by atoms with Crippen LogP contribution in [0.25, 0.3) is 10.9 Å². The van der Waals surface area contributed by atoms with Gasteiger partial charge in [-0.15, -0.1) is 0 Å². The minimum Gasteiger partial charge on any atom is -0.497 e. The number of aromatic hydroxyl groups is 1. The Morgan fingerprint density at radius 1 is 1.03 bits per heavy atom. The number of benzene rings is 2. The molecule has 170 valence electrons. The maximum absolute atomic E-state index is 13.8. The first kappa shape index (κ1) is 20.2. The van der Waals surface area contributed by atoms with Gasteiger partial charge in [0.2, 0.25) is 5.88 Å². The first-order valence-corrected chi connectivity index (χ1v) is 11.9. The van der Waals surface area contributed by atoms with Gasteiger partial charge in [0.25, 0.3) is 0 Å². The van der Waals surface area contributed by atoms with Crippen molar-refractivity contribution in [3.8, 4) is 11.6 Å². The number of rotatable bonds is 3. The molecule has 0 spiro atoms. The van der Waals surface area contributed by atoms with Crippen molar-refractivity contribution in [3.05, 3.63) is 81.0 Å². The van der Waals surface area contributed by atoms with Crippen molar-refractivity contribution in [2.45, 2.75) is 57.5 Å². The third-order valence-electron chi connectivity index (χ3n) is 7.53. The molecule has 1 atom stereocenters. The zero-order valence-electron chi connectivity index (χ0n) is 19.1. The largest absolute Gasteiger partial charge is 0.497 e. The van der Waals surface area contributed by atoms with Crippen LogP contribution in [0.4, 0.5) is 0 Å². The van der Waals surface area contributed by atoms with Crippen molar-refractivity contribution in [2.24, 2.45) is 0 Å². The molecule has 1 saturated carbocycles. The molecule has 0 saturated heterocycles. The predicted octanol–water partition coefficient (Wildman–Crippen LogP) is 5.20. The highest BCUT2D eigenvalue weighted by atomic mass is 16.5. The fraction of sp³-hybridized carbons (Fsp3) is 0.370. The number of H-pyrrole nitrogens is 1. The smallest absolute Gasteiger partial charge is 0.332 e. The average molecular weight is 444 g/mol. The van der Waals surface area contributed by atoms with E-state index in [1.165, 1.54) is 12.0 Å². The molecule has 2 aliphatic rings. The van der Waals surface area contributed by atoms with Gasteiger partial charge in [-0.25, -0.2) is 4.79 Å². The van der Waals surface area contributed by atoms with Gasteiger partial charge in [-0.3, -0.25) is 9.13 Å². The summed E-state index contributed by atoms with van der Waals surface area (Å²) in [6.45, 7) is 2.09. The van der Waals surface area contributed by atoms with E-state index in [1.54, 1.807) is 11.7 Å². The quantitative estimate of drug-likeness (QED) is 0.403. The summed E-state index contributed by atoms with van der Waals surface area (Å²) in [5, 5.41) is 12.5. The van der Waals surface area contributed by atoms with Gasteiger partial charge < -0.3 is 14.8 Å². The molecule has 2 aromatic heterocycles. The van der Waals surface area contributed by atoms with Gasteiger partial charge in [0.1, 0.15) is 11.8 Å². The number of aromatic amines is 1. The fourth-order valence-corrected chi connectivity index (χ4v) is 5.87. The number of nitrogens with zero attached hydrogens (tertiary/aromatic N) is 2. The number of aromatic nitrogens is 3. The second-order valence-electron chi connectivity index (χ2n) is 9.50. The SMILES string of the molecule is COc1ccc(C2c3[nH]c4ccc(C)cc4c3Cc3c(O)n(C4CCCCC4)c(=O)n32)cc1. The summed E-state index contributed by atoms with van der Waals surface area (Å²) in [5.41, 5.74) is 6.02. The van der Waals surface area contributed by atoms with Crippen LogP contribution >= 0.6 is 0 Å². The molecule has 0 amide bonds. The number of hydrogen-bond acceptors (Lipinski definition) is 3. The van der Waals surface area contributed by atoms with Crippen molar-refractivity contribution in [1.29, 1.82) is 0 Å². The van der Waals surface area contributed by atoms with E-state index in [-0.39, 0.29) is 23.7 Å². The van der Waals surface area contributed by atoms with E-state index in [2.05, 4.69) is 30.1 Å². The average Bonchev–Trinajstić information content (AvgIpc) is 3.32. The lowest BCUT2D eigenvalue weighted by Gasteiger charge is -2.26. The zero-order chi connectivity index (χ0) is 22.7. The van der Waals surface area contributed by atoms with E-state index in [9.17, 15) is 9.90 Å². The lowest BCUT2D eigenvalue weighted by Crippen LogP contribution is -2.34. The molecule has 6 nitrogen and oxygen atoms in total. The summed E-state index contributed by atoms with van der Waals surface area (Å²) >= 11 is 0. The summed E-state index contributed by atoms with van der Waals surface area (Å²) in [6.07, 6.45) is 5.81. The second kappa shape index (κ2) is 7.58. The monoisotopic (exact) mass is 443 g/mol. The highest BCUT2D eigenvalue weighted by Gasteiger charge is 2.37. The molecule has 2 aromatic carbocycles. The molecular formula is C27H29N3O3. The summed E-state index contributed by atoms with van der Waals surface area (Å²) in [5.74, 6) is 0.912. The van der Waals surface area contributed by atoms with Crippen LogP contribution in [0.2, 0.25) is 0 Å². The number of hydrogen-bond donors (Lipinski definition) is 2. The highest BCUT2D eigenvalue weighted by molar-refractivity contribution is 5.86. The van der Waals surface area contributed by atoms with Gasteiger partial charge in [0, 0.05) is 29.1 Å². The summed E-state index contributed by atoms with van der Waals surface area (Å²) in [7, 11) is 1.65. The topological polar surface area (TPSA) is 72.2 Å². The number of methoxy groups -OCH3 is 1. The van der Waals surface area contributed by atoms with Crippen LogP contribution in [0.5, 0.6) is 11.6 Å². The van der Waals surface area contributed by atoms with Crippen LogP contribution in [0.15, 0.2) is 47.3 Å².